The topological polar surface area (TPSA) is 118 Å². The van der Waals surface area contributed by atoms with E-state index in [1.165, 1.54) is 47.5 Å². The summed E-state index contributed by atoms with van der Waals surface area (Å²) in [5.41, 5.74) is 0.718. The Morgan fingerprint density at radius 2 is 1.57 bits per heavy atom. The van der Waals surface area contributed by atoms with Gasteiger partial charge >= 0.3 is 12.1 Å². The SMILES string of the molecule is CC[Si](CC)(Oc1ccc(C(Cl)S(=O)(=O)/C=C/c2ccc(OC(=O)N3CC(C)OC(C)C3)c(OC(=O)c3cccc(Cl)c3OC)c2)cc1)c1ccccc1. The number of sulfone groups is 1. The van der Waals surface area contributed by atoms with Crippen molar-refractivity contribution in [1.29, 1.82) is 0 Å². The molecule has 0 saturated carbocycles. The van der Waals surface area contributed by atoms with Crippen LogP contribution in [0.3, 0.4) is 0 Å². The van der Waals surface area contributed by atoms with Crippen LogP contribution >= 0.6 is 23.2 Å². The molecule has 0 spiro atoms. The molecule has 4 aromatic carbocycles. The van der Waals surface area contributed by atoms with Crippen LogP contribution in [-0.4, -0.2) is 66.1 Å². The molecule has 3 atom stereocenters. The largest absolute Gasteiger partial charge is 0.539 e. The van der Waals surface area contributed by atoms with E-state index in [0.29, 0.717) is 30.0 Å². The predicted octanol–water partition coefficient (Wildman–Crippen LogP) is 8.77. The van der Waals surface area contributed by atoms with Gasteiger partial charge in [0.05, 0.1) is 37.4 Å². The fourth-order valence-corrected chi connectivity index (χ4v) is 11.0. The second kappa shape index (κ2) is 17.9. The number of amides is 1. The summed E-state index contributed by atoms with van der Waals surface area (Å²) in [6.07, 6.45) is 0.240. The molecule has 10 nitrogen and oxygen atoms in total. The summed E-state index contributed by atoms with van der Waals surface area (Å²) in [5, 5.41) is 2.37. The van der Waals surface area contributed by atoms with Crippen LogP contribution in [0.1, 0.15) is 53.9 Å². The second-order valence-electron chi connectivity index (χ2n) is 12.9. The molecule has 0 N–H and O–H groups in total. The molecule has 0 radical (unpaired) electrons. The van der Waals surface area contributed by atoms with Crippen molar-refractivity contribution >= 4 is 64.7 Å². The van der Waals surface area contributed by atoms with Crippen molar-refractivity contribution < 1.29 is 41.4 Å². The summed E-state index contributed by atoms with van der Waals surface area (Å²) < 4.78 is 54.6. The maximum absolute atomic E-state index is 13.4. The molecule has 1 aliphatic rings. The van der Waals surface area contributed by atoms with Crippen molar-refractivity contribution in [3.05, 3.63) is 118 Å². The van der Waals surface area contributed by atoms with Gasteiger partial charge in [-0.15, -0.1) is 0 Å². The molecule has 0 bridgehead atoms. The van der Waals surface area contributed by atoms with E-state index in [9.17, 15) is 18.0 Å². The molecule has 0 aromatic heterocycles. The Bertz CT molecular complexity index is 2070. The van der Waals surface area contributed by atoms with Gasteiger partial charge in [-0.3, -0.25) is 0 Å². The van der Waals surface area contributed by atoms with Gasteiger partial charge in [0.25, 0.3) is 8.32 Å². The molecule has 1 heterocycles. The maximum Gasteiger partial charge on any atom is 0.415 e. The highest BCUT2D eigenvalue weighted by atomic mass is 35.5. The molecule has 3 unspecified atom stereocenters. The number of alkyl halides is 1. The number of benzene rings is 4. The maximum atomic E-state index is 13.4. The first-order chi connectivity index (χ1) is 25.8. The van der Waals surface area contributed by atoms with Gasteiger partial charge in [0.2, 0.25) is 0 Å². The number of carbonyl (C=O) groups is 2. The molecule has 1 fully saturated rings. The van der Waals surface area contributed by atoms with E-state index in [-0.39, 0.29) is 40.0 Å². The fraction of sp³-hybridized carbons (Fsp3) is 0.300. The minimum atomic E-state index is -4.05. The summed E-state index contributed by atoms with van der Waals surface area (Å²) in [4.78, 5) is 28.1. The minimum absolute atomic E-state index is 0.0283. The average Bonchev–Trinajstić information content (AvgIpc) is 3.16. The lowest BCUT2D eigenvalue weighted by Gasteiger charge is -2.34. The molecular weight excluding hydrogens is 769 g/mol. The van der Waals surface area contributed by atoms with Gasteiger partial charge < -0.3 is 28.3 Å². The van der Waals surface area contributed by atoms with E-state index in [4.69, 9.17) is 46.6 Å². The number of morpholine rings is 1. The minimum Gasteiger partial charge on any atom is -0.539 e. The van der Waals surface area contributed by atoms with Crippen molar-refractivity contribution in [3.8, 4) is 23.0 Å². The number of nitrogens with zero attached hydrogens (tertiary/aromatic N) is 1. The summed E-state index contributed by atoms with van der Waals surface area (Å²) in [7, 11) is -4.99. The normalized spacial score (nSPS) is 16.8. The van der Waals surface area contributed by atoms with E-state index >= 15 is 0 Å². The van der Waals surface area contributed by atoms with Gasteiger partial charge in [-0.1, -0.05) is 91.6 Å². The summed E-state index contributed by atoms with van der Waals surface area (Å²) in [6, 6.07) is 27.6. The number of ether oxygens (including phenoxy) is 4. The molecule has 54 heavy (non-hydrogen) atoms. The zero-order chi connectivity index (χ0) is 39.0. The van der Waals surface area contributed by atoms with Crippen LogP contribution < -0.4 is 23.8 Å². The molecule has 14 heteroatoms. The Morgan fingerprint density at radius 3 is 2.20 bits per heavy atom. The Morgan fingerprint density at radius 1 is 0.907 bits per heavy atom. The Labute approximate surface area is 327 Å². The van der Waals surface area contributed by atoms with Crippen LogP contribution in [-0.2, 0) is 14.6 Å². The number of halogens is 2. The highest BCUT2D eigenvalue weighted by Crippen LogP contribution is 2.35. The smallest absolute Gasteiger partial charge is 0.415 e. The van der Waals surface area contributed by atoms with Crippen molar-refractivity contribution in [2.45, 2.75) is 56.7 Å². The molecule has 4 aromatic rings. The second-order valence-corrected chi connectivity index (χ2v) is 20.1. The first-order valence-corrected chi connectivity index (χ1v) is 22.2. The van der Waals surface area contributed by atoms with Crippen LogP contribution in [0.2, 0.25) is 17.1 Å². The summed E-state index contributed by atoms with van der Waals surface area (Å²) in [6.45, 7) is 8.56. The lowest BCUT2D eigenvalue weighted by atomic mass is 10.2. The van der Waals surface area contributed by atoms with Crippen molar-refractivity contribution in [2.24, 2.45) is 0 Å². The van der Waals surface area contributed by atoms with Gasteiger partial charge in [0, 0.05) is 5.41 Å². The molecule has 0 aliphatic carbocycles. The molecule has 1 aliphatic heterocycles. The van der Waals surface area contributed by atoms with Gasteiger partial charge in [0.1, 0.15) is 11.3 Å². The van der Waals surface area contributed by atoms with Gasteiger partial charge in [-0.05, 0) is 84.7 Å². The zero-order valence-electron chi connectivity index (χ0n) is 30.7. The number of para-hydroxylation sites is 1. The van der Waals surface area contributed by atoms with Gasteiger partial charge in [-0.2, -0.15) is 0 Å². The lowest BCUT2D eigenvalue weighted by molar-refractivity contribution is -0.0593. The van der Waals surface area contributed by atoms with E-state index in [2.05, 4.69) is 26.0 Å². The van der Waals surface area contributed by atoms with Crippen molar-refractivity contribution in [2.75, 3.05) is 20.2 Å². The average molecular weight is 813 g/mol. The number of carbonyl (C=O) groups excluding carboxylic acids is 2. The fourth-order valence-electron chi connectivity index (χ4n) is 6.26. The third-order valence-electron chi connectivity index (χ3n) is 9.07. The molecule has 286 valence electrons. The summed E-state index contributed by atoms with van der Waals surface area (Å²) in [5.74, 6) is -0.308. The molecular formula is C40H43Cl2NO9SSi. The molecule has 1 saturated heterocycles. The number of rotatable bonds is 13. The monoisotopic (exact) mass is 811 g/mol. The molecule has 5 rings (SSSR count). The van der Waals surface area contributed by atoms with Crippen LogP contribution in [0.4, 0.5) is 4.79 Å². The third-order valence-corrected chi connectivity index (χ3v) is 16.0. The Kier molecular flexibility index (Phi) is 13.5. The Hall–Kier alpha value is -4.33. The summed E-state index contributed by atoms with van der Waals surface area (Å²) >= 11 is 12.8. The van der Waals surface area contributed by atoms with E-state index in [1.807, 2.05) is 32.0 Å². The lowest BCUT2D eigenvalue weighted by Crippen LogP contribution is -2.52. The highest BCUT2D eigenvalue weighted by Gasteiger charge is 2.35. The van der Waals surface area contributed by atoms with Crippen molar-refractivity contribution in [3.63, 3.8) is 0 Å². The Balaban J connectivity index is 1.37. The number of hydrogen-bond donors (Lipinski definition) is 0. The zero-order valence-corrected chi connectivity index (χ0v) is 34.0. The van der Waals surface area contributed by atoms with Gasteiger partial charge in [-0.25, -0.2) is 18.0 Å². The van der Waals surface area contributed by atoms with E-state index < -0.39 is 34.9 Å². The predicted molar refractivity (Wildman–Crippen MR) is 213 cm³/mol. The first-order valence-electron chi connectivity index (χ1n) is 17.5. The van der Waals surface area contributed by atoms with Crippen LogP contribution in [0.25, 0.3) is 6.08 Å². The number of esters is 1. The first kappa shape index (κ1) is 40.8. The quantitative estimate of drug-likeness (QED) is 0.0565. The third kappa shape index (κ3) is 9.66. The van der Waals surface area contributed by atoms with E-state index in [1.54, 1.807) is 36.4 Å². The molecule has 1 amide bonds. The van der Waals surface area contributed by atoms with Crippen LogP contribution in [0, 0.1) is 0 Å². The van der Waals surface area contributed by atoms with Crippen LogP contribution in [0.15, 0.2) is 96.4 Å². The highest BCUT2D eigenvalue weighted by molar-refractivity contribution is 7.95. The van der Waals surface area contributed by atoms with Gasteiger partial charge in [0.15, 0.2) is 31.8 Å². The number of methoxy groups -OCH3 is 1. The standard InChI is InChI=1S/C40H43Cl2NO9SSi/c1-6-54(7-2,32-12-9-8-10-13-32)52-31-19-17-30(18-20-31)38(42)53(46,47)23-22-29-16-21-35(51-40(45)43-25-27(3)49-28(4)26-43)36(24-29)50-39(44)33-14-11-15-34(41)37(33)48-5/h8-24,27-28,38H,6-7,25-26H2,1-5H3/b23-22+. The van der Waals surface area contributed by atoms with Crippen molar-refractivity contribution in [1.82, 2.24) is 4.90 Å². The number of hydrogen-bond acceptors (Lipinski definition) is 9. The van der Waals surface area contributed by atoms with Crippen LogP contribution in [0.5, 0.6) is 23.0 Å². The van der Waals surface area contributed by atoms with E-state index in [0.717, 1.165) is 17.5 Å².